The predicted molar refractivity (Wildman–Crippen MR) is 134 cm³/mol. The first-order chi connectivity index (χ1) is 14.7. The molecule has 0 fully saturated rings. The quantitative estimate of drug-likeness (QED) is 0.243. The lowest BCUT2D eigenvalue weighted by molar-refractivity contribution is 0.669. The first-order valence-electron chi connectivity index (χ1n) is 10.4. The molecule has 0 N–H and O–H groups in total. The second-order valence-corrected chi connectivity index (χ2v) is 8.28. The number of rotatable bonds is 0. The molecule has 30 heavy (non-hydrogen) atoms. The van der Waals surface area contributed by atoms with Crippen LogP contribution in [0.2, 0.25) is 0 Å². The van der Waals surface area contributed by atoms with Crippen LogP contribution in [0.3, 0.4) is 0 Å². The van der Waals surface area contributed by atoms with Crippen molar-refractivity contribution in [2.45, 2.75) is 27.7 Å². The molecule has 0 saturated heterocycles. The molecule has 0 saturated carbocycles. The number of furan rings is 1. The minimum absolute atomic E-state index is 0.966. The van der Waals surface area contributed by atoms with Gasteiger partial charge in [0.2, 0.25) is 0 Å². The fourth-order valence-corrected chi connectivity index (χ4v) is 4.77. The van der Waals surface area contributed by atoms with E-state index < -0.39 is 0 Å². The summed E-state index contributed by atoms with van der Waals surface area (Å²) in [6.45, 7) is 8.24. The summed E-state index contributed by atoms with van der Waals surface area (Å²) < 4.78 is 8.48. The van der Waals surface area contributed by atoms with Crippen LogP contribution in [0, 0.1) is 13.8 Å². The second-order valence-electron chi connectivity index (χ2n) is 7.20. The summed E-state index contributed by atoms with van der Waals surface area (Å²) in [5.74, 6) is 0. The summed E-state index contributed by atoms with van der Waals surface area (Å²) in [5.41, 5.74) is 4.54. The Labute approximate surface area is 181 Å². The monoisotopic (exact) mass is 410 g/mol. The molecule has 1 nitrogen and oxygen atoms in total. The Morgan fingerprint density at radius 2 is 1.10 bits per heavy atom. The van der Waals surface area contributed by atoms with E-state index in [1.807, 2.05) is 49.4 Å². The molecule has 0 aliphatic rings. The number of thiophene rings is 1. The van der Waals surface area contributed by atoms with E-state index in [1.54, 1.807) is 0 Å². The topological polar surface area (TPSA) is 13.1 Å². The average Bonchev–Trinajstić information content (AvgIpc) is 3.33. The predicted octanol–water partition coefficient (Wildman–Crippen LogP) is 9.28. The van der Waals surface area contributed by atoms with E-state index in [9.17, 15) is 0 Å². The number of aryl methyl sites for hydroxylation is 2. The molecule has 4 aromatic carbocycles. The molecule has 2 heterocycles. The number of hydrogen-bond acceptors (Lipinski definition) is 2. The molecule has 0 radical (unpaired) electrons. The Kier molecular flexibility index (Phi) is 5.87. The van der Waals surface area contributed by atoms with Crippen molar-refractivity contribution in [3.63, 3.8) is 0 Å². The van der Waals surface area contributed by atoms with Crippen LogP contribution in [0.15, 0.2) is 89.3 Å². The molecule has 0 bridgehead atoms. The van der Waals surface area contributed by atoms with E-state index in [2.05, 4.69) is 74.5 Å². The molecule has 2 aromatic heterocycles. The Morgan fingerprint density at radius 1 is 0.533 bits per heavy atom. The van der Waals surface area contributed by atoms with Gasteiger partial charge < -0.3 is 4.42 Å². The summed E-state index contributed by atoms with van der Waals surface area (Å²) in [6.07, 6.45) is 0. The maximum absolute atomic E-state index is 5.71. The van der Waals surface area contributed by atoms with Crippen molar-refractivity contribution in [1.29, 1.82) is 0 Å². The number of benzene rings is 4. The zero-order valence-corrected chi connectivity index (χ0v) is 18.7. The second kappa shape index (κ2) is 8.73. The molecular formula is C28H26OS. The summed E-state index contributed by atoms with van der Waals surface area (Å²) in [7, 11) is 0. The SMILES string of the molecule is CC.Cc1ccc2oc3ccccc3c2c1.Cc1ccc2sc3ccccc3c2c1. The molecular weight excluding hydrogens is 384 g/mol. The van der Waals surface area contributed by atoms with Crippen molar-refractivity contribution < 1.29 is 4.42 Å². The maximum Gasteiger partial charge on any atom is 0.135 e. The summed E-state index contributed by atoms with van der Waals surface area (Å²) in [4.78, 5) is 0. The first kappa shape index (κ1) is 20.2. The third kappa shape index (κ3) is 3.83. The molecule has 0 aliphatic carbocycles. The molecule has 6 aromatic rings. The van der Waals surface area contributed by atoms with Crippen molar-refractivity contribution in [3.8, 4) is 0 Å². The Morgan fingerprint density at radius 3 is 1.90 bits per heavy atom. The average molecular weight is 411 g/mol. The van der Waals surface area contributed by atoms with Gasteiger partial charge in [0.15, 0.2) is 0 Å². The highest BCUT2D eigenvalue weighted by Crippen LogP contribution is 2.33. The summed E-state index contributed by atoms with van der Waals surface area (Å²) in [5, 5.41) is 5.19. The molecule has 0 spiro atoms. The van der Waals surface area contributed by atoms with Crippen molar-refractivity contribution in [3.05, 3.63) is 96.1 Å². The van der Waals surface area contributed by atoms with Crippen LogP contribution in [-0.2, 0) is 0 Å². The van der Waals surface area contributed by atoms with Gasteiger partial charge in [-0.15, -0.1) is 11.3 Å². The van der Waals surface area contributed by atoms with Crippen molar-refractivity contribution in [2.24, 2.45) is 0 Å². The van der Waals surface area contributed by atoms with Crippen LogP contribution in [0.25, 0.3) is 42.1 Å². The smallest absolute Gasteiger partial charge is 0.135 e. The highest BCUT2D eigenvalue weighted by Gasteiger charge is 2.05. The lowest BCUT2D eigenvalue weighted by Crippen LogP contribution is -1.69. The lowest BCUT2D eigenvalue weighted by Gasteiger charge is -1.92. The van der Waals surface area contributed by atoms with Crippen LogP contribution in [0.1, 0.15) is 25.0 Å². The van der Waals surface area contributed by atoms with Gasteiger partial charge in [0.25, 0.3) is 0 Å². The fraction of sp³-hybridized carbons (Fsp3) is 0.143. The molecule has 0 atom stereocenters. The summed E-state index contributed by atoms with van der Waals surface area (Å²) >= 11 is 1.87. The van der Waals surface area contributed by atoms with Gasteiger partial charge in [0.05, 0.1) is 0 Å². The number of hydrogen-bond donors (Lipinski definition) is 0. The van der Waals surface area contributed by atoms with Crippen LogP contribution in [0.5, 0.6) is 0 Å². The van der Waals surface area contributed by atoms with E-state index in [0.29, 0.717) is 0 Å². The molecule has 150 valence electrons. The van der Waals surface area contributed by atoms with Crippen molar-refractivity contribution in [2.75, 3.05) is 0 Å². The Bertz CT molecular complexity index is 1320. The van der Waals surface area contributed by atoms with Crippen LogP contribution in [-0.4, -0.2) is 0 Å². The van der Waals surface area contributed by atoms with Crippen LogP contribution < -0.4 is 0 Å². The van der Waals surface area contributed by atoms with E-state index in [1.165, 1.54) is 42.1 Å². The van der Waals surface area contributed by atoms with Crippen LogP contribution in [0.4, 0.5) is 0 Å². The van der Waals surface area contributed by atoms with Gasteiger partial charge in [-0.05, 0) is 50.2 Å². The van der Waals surface area contributed by atoms with E-state index in [-0.39, 0.29) is 0 Å². The first-order valence-corrected chi connectivity index (χ1v) is 11.3. The molecule has 0 amide bonds. The Hall–Kier alpha value is -3.10. The minimum Gasteiger partial charge on any atom is -0.456 e. The maximum atomic E-state index is 5.71. The Balaban J connectivity index is 0.000000134. The van der Waals surface area contributed by atoms with Crippen molar-refractivity contribution >= 4 is 53.4 Å². The third-order valence-electron chi connectivity index (χ3n) is 5.06. The third-order valence-corrected chi connectivity index (χ3v) is 6.22. The zero-order chi connectivity index (χ0) is 21.1. The summed E-state index contributed by atoms with van der Waals surface area (Å²) in [6, 6.07) is 29.7. The number of para-hydroxylation sites is 1. The zero-order valence-electron chi connectivity index (χ0n) is 17.9. The van der Waals surface area contributed by atoms with Gasteiger partial charge >= 0.3 is 0 Å². The molecule has 2 heteroatoms. The van der Waals surface area contributed by atoms with Crippen molar-refractivity contribution in [1.82, 2.24) is 0 Å². The molecule has 6 rings (SSSR count). The van der Waals surface area contributed by atoms with Gasteiger partial charge in [-0.1, -0.05) is 73.5 Å². The van der Waals surface area contributed by atoms with Crippen LogP contribution >= 0.6 is 11.3 Å². The van der Waals surface area contributed by atoms with E-state index in [4.69, 9.17) is 4.42 Å². The molecule has 0 unspecified atom stereocenters. The van der Waals surface area contributed by atoms with Gasteiger partial charge in [-0.3, -0.25) is 0 Å². The highest BCUT2D eigenvalue weighted by atomic mass is 32.1. The van der Waals surface area contributed by atoms with Gasteiger partial charge in [-0.2, -0.15) is 0 Å². The number of fused-ring (bicyclic) bond motifs is 6. The largest absolute Gasteiger partial charge is 0.456 e. The standard InChI is InChI=1S/C13H10O.C13H10S.C2H6/c2*1-9-6-7-13-11(8-9)10-4-2-3-5-12(10)14-13;1-2/h2*2-8H,1H3;1-2H3. The van der Waals surface area contributed by atoms with E-state index in [0.717, 1.165) is 11.2 Å². The fourth-order valence-electron chi connectivity index (χ4n) is 3.68. The van der Waals surface area contributed by atoms with E-state index >= 15 is 0 Å². The lowest BCUT2D eigenvalue weighted by atomic mass is 10.1. The highest BCUT2D eigenvalue weighted by molar-refractivity contribution is 7.25. The molecule has 0 aliphatic heterocycles. The van der Waals surface area contributed by atoms with Gasteiger partial charge in [0, 0.05) is 30.9 Å². The van der Waals surface area contributed by atoms with Gasteiger partial charge in [0.1, 0.15) is 11.2 Å². The normalized spacial score (nSPS) is 10.7. The van der Waals surface area contributed by atoms with Gasteiger partial charge in [-0.25, -0.2) is 0 Å². The minimum atomic E-state index is 0.966.